The van der Waals surface area contributed by atoms with E-state index in [9.17, 15) is 14.3 Å². The SMILES string of the molecule is Cc1ccc(=O)n(-c2ccc(F)cc2)c1O. The maximum atomic E-state index is 12.7. The molecule has 1 N–H and O–H groups in total. The van der Waals surface area contributed by atoms with Crippen molar-refractivity contribution in [3.8, 4) is 11.6 Å². The summed E-state index contributed by atoms with van der Waals surface area (Å²) in [4.78, 5) is 11.6. The zero-order valence-electron chi connectivity index (χ0n) is 8.64. The molecule has 0 bridgehead atoms. The fourth-order valence-corrected chi connectivity index (χ4v) is 1.47. The van der Waals surface area contributed by atoms with E-state index >= 15 is 0 Å². The van der Waals surface area contributed by atoms with Gasteiger partial charge >= 0.3 is 0 Å². The minimum absolute atomic E-state index is 0.126. The number of pyridine rings is 1. The Hall–Kier alpha value is -2.10. The molecule has 0 aliphatic carbocycles. The summed E-state index contributed by atoms with van der Waals surface area (Å²) in [6.45, 7) is 1.69. The molecule has 1 aromatic heterocycles. The van der Waals surface area contributed by atoms with Gasteiger partial charge in [0.2, 0.25) is 5.88 Å². The second-order valence-corrected chi connectivity index (χ2v) is 3.49. The van der Waals surface area contributed by atoms with Crippen LogP contribution in [0.5, 0.6) is 5.88 Å². The molecule has 0 atom stereocenters. The van der Waals surface area contributed by atoms with Crippen LogP contribution in [0.25, 0.3) is 5.69 Å². The molecule has 0 radical (unpaired) electrons. The van der Waals surface area contributed by atoms with Crippen LogP contribution in [-0.2, 0) is 0 Å². The maximum absolute atomic E-state index is 12.7. The van der Waals surface area contributed by atoms with E-state index in [2.05, 4.69) is 0 Å². The lowest BCUT2D eigenvalue weighted by Gasteiger charge is -2.09. The fraction of sp³-hybridized carbons (Fsp3) is 0.0833. The van der Waals surface area contributed by atoms with E-state index in [1.54, 1.807) is 6.92 Å². The van der Waals surface area contributed by atoms with Crippen molar-refractivity contribution in [1.82, 2.24) is 4.57 Å². The Morgan fingerprint density at radius 1 is 1.12 bits per heavy atom. The predicted octanol–water partition coefficient (Wildman–Crippen LogP) is 1.99. The van der Waals surface area contributed by atoms with Crippen LogP contribution in [-0.4, -0.2) is 9.67 Å². The largest absolute Gasteiger partial charge is 0.494 e. The number of aromatic hydroxyl groups is 1. The number of hydrogen-bond donors (Lipinski definition) is 1. The van der Waals surface area contributed by atoms with Gasteiger partial charge in [-0.1, -0.05) is 0 Å². The third-order valence-corrected chi connectivity index (χ3v) is 2.35. The highest BCUT2D eigenvalue weighted by molar-refractivity contribution is 5.39. The molecule has 0 saturated heterocycles. The van der Waals surface area contributed by atoms with Gasteiger partial charge in [-0.3, -0.25) is 4.79 Å². The Morgan fingerprint density at radius 2 is 1.75 bits per heavy atom. The third kappa shape index (κ3) is 1.69. The quantitative estimate of drug-likeness (QED) is 0.797. The Balaban J connectivity index is 2.68. The Kier molecular flexibility index (Phi) is 2.48. The van der Waals surface area contributed by atoms with Crippen LogP contribution < -0.4 is 5.56 Å². The van der Waals surface area contributed by atoms with E-state index in [1.165, 1.54) is 36.4 Å². The van der Waals surface area contributed by atoms with Gasteiger partial charge in [-0.15, -0.1) is 0 Å². The van der Waals surface area contributed by atoms with E-state index < -0.39 is 0 Å². The van der Waals surface area contributed by atoms with E-state index in [4.69, 9.17) is 0 Å². The van der Waals surface area contributed by atoms with Crippen LogP contribution in [0, 0.1) is 12.7 Å². The number of benzene rings is 1. The minimum Gasteiger partial charge on any atom is -0.494 e. The van der Waals surface area contributed by atoms with E-state index in [-0.39, 0.29) is 17.3 Å². The molecule has 0 unspecified atom stereocenters. The average molecular weight is 219 g/mol. The molecule has 0 saturated carbocycles. The summed E-state index contributed by atoms with van der Waals surface area (Å²) in [6.07, 6.45) is 0. The molecule has 4 heteroatoms. The molecule has 0 aliphatic heterocycles. The highest BCUT2D eigenvalue weighted by Crippen LogP contribution is 2.17. The number of nitrogens with zero attached hydrogens (tertiary/aromatic N) is 1. The summed E-state index contributed by atoms with van der Waals surface area (Å²) in [5.41, 5.74) is 0.672. The van der Waals surface area contributed by atoms with Crippen LogP contribution >= 0.6 is 0 Å². The summed E-state index contributed by atoms with van der Waals surface area (Å²) >= 11 is 0. The van der Waals surface area contributed by atoms with Crippen molar-refractivity contribution in [3.05, 3.63) is 58.1 Å². The molecule has 3 nitrogen and oxygen atoms in total. The van der Waals surface area contributed by atoms with Crippen molar-refractivity contribution in [2.45, 2.75) is 6.92 Å². The fourth-order valence-electron chi connectivity index (χ4n) is 1.47. The predicted molar refractivity (Wildman–Crippen MR) is 58.4 cm³/mol. The summed E-state index contributed by atoms with van der Waals surface area (Å²) in [5, 5.41) is 9.77. The summed E-state index contributed by atoms with van der Waals surface area (Å²) < 4.78 is 13.9. The molecule has 2 aromatic rings. The molecule has 1 aromatic carbocycles. The Morgan fingerprint density at radius 3 is 2.38 bits per heavy atom. The normalized spacial score (nSPS) is 10.4. The van der Waals surface area contributed by atoms with Gasteiger partial charge in [0.1, 0.15) is 5.82 Å². The van der Waals surface area contributed by atoms with Gasteiger partial charge in [-0.2, -0.15) is 0 Å². The van der Waals surface area contributed by atoms with Crippen molar-refractivity contribution in [2.75, 3.05) is 0 Å². The lowest BCUT2D eigenvalue weighted by Crippen LogP contribution is -2.17. The van der Waals surface area contributed by atoms with Crippen LogP contribution in [0.4, 0.5) is 4.39 Å². The van der Waals surface area contributed by atoms with Crippen molar-refractivity contribution in [2.24, 2.45) is 0 Å². The highest BCUT2D eigenvalue weighted by atomic mass is 19.1. The molecule has 0 aliphatic rings. The van der Waals surface area contributed by atoms with Crippen LogP contribution in [0.3, 0.4) is 0 Å². The number of halogens is 1. The first kappa shape index (κ1) is 10.4. The molecule has 0 spiro atoms. The van der Waals surface area contributed by atoms with Gasteiger partial charge < -0.3 is 5.11 Å². The van der Waals surface area contributed by atoms with Gasteiger partial charge in [0.25, 0.3) is 5.56 Å². The molecular formula is C12H10FNO2. The topological polar surface area (TPSA) is 42.2 Å². The standard InChI is InChI=1S/C12H10FNO2/c1-8-2-7-11(15)14(12(8)16)10-5-3-9(13)4-6-10/h2-7,16H,1H3. The van der Waals surface area contributed by atoms with E-state index in [1.807, 2.05) is 0 Å². The monoisotopic (exact) mass is 219 g/mol. The van der Waals surface area contributed by atoms with Gasteiger partial charge in [0.05, 0.1) is 5.69 Å². The van der Waals surface area contributed by atoms with Crippen LogP contribution in [0.15, 0.2) is 41.2 Å². The summed E-state index contributed by atoms with van der Waals surface area (Å²) in [7, 11) is 0. The number of rotatable bonds is 1. The summed E-state index contributed by atoms with van der Waals surface area (Å²) in [5.74, 6) is -0.511. The zero-order chi connectivity index (χ0) is 11.7. The third-order valence-electron chi connectivity index (χ3n) is 2.35. The van der Waals surface area contributed by atoms with Crippen molar-refractivity contribution >= 4 is 0 Å². The number of aryl methyl sites for hydroxylation is 1. The van der Waals surface area contributed by atoms with Gasteiger partial charge in [-0.05, 0) is 37.3 Å². The molecule has 16 heavy (non-hydrogen) atoms. The Labute approximate surface area is 91.4 Å². The minimum atomic E-state index is -0.385. The van der Waals surface area contributed by atoms with E-state index in [0.29, 0.717) is 11.3 Å². The van der Waals surface area contributed by atoms with Crippen LogP contribution in [0.1, 0.15) is 5.56 Å². The first-order valence-electron chi connectivity index (χ1n) is 4.77. The lowest BCUT2D eigenvalue weighted by atomic mass is 10.2. The Bertz CT molecular complexity index is 573. The van der Waals surface area contributed by atoms with E-state index in [0.717, 1.165) is 4.57 Å². The molecular weight excluding hydrogens is 209 g/mol. The second-order valence-electron chi connectivity index (χ2n) is 3.49. The molecule has 1 heterocycles. The van der Waals surface area contributed by atoms with Gasteiger partial charge in [-0.25, -0.2) is 8.96 Å². The first-order valence-corrected chi connectivity index (χ1v) is 4.77. The van der Waals surface area contributed by atoms with Crippen molar-refractivity contribution in [3.63, 3.8) is 0 Å². The second kappa shape index (κ2) is 3.81. The smallest absolute Gasteiger partial charge is 0.257 e. The lowest BCUT2D eigenvalue weighted by molar-refractivity contribution is 0.431. The molecule has 0 fully saturated rings. The zero-order valence-corrected chi connectivity index (χ0v) is 8.64. The first-order chi connectivity index (χ1) is 7.59. The van der Waals surface area contributed by atoms with Crippen molar-refractivity contribution in [1.29, 1.82) is 0 Å². The van der Waals surface area contributed by atoms with Gasteiger partial charge in [0.15, 0.2) is 0 Å². The summed E-state index contributed by atoms with van der Waals surface area (Å²) in [6, 6.07) is 8.26. The molecule has 0 amide bonds. The van der Waals surface area contributed by atoms with Crippen molar-refractivity contribution < 1.29 is 9.50 Å². The van der Waals surface area contributed by atoms with Gasteiger partial charge in [0, 0.05) is 11.6 Å². The number of hydrogen-bond acceptors (Lipinski definition) is 2. The van der Waals surface area contributed by atoms with Crippen LogP contribution in [0.2, 0.25) is 0 Å². The molecule has 82 valence electrons. The number of aromatic nitrogens is 1. The molecule has 2 rings (SSSR count). The highest BCUT2D eigenvalue weighted by Gasteiger charge is 2.07. The maximum Gasteiger partial charge on any atom is 0.257 e. The average Bonchev–Trinajstić information content (AvgIpc) is 2.27.